The van der Waals surface area contributed by atoms with Crippen LogP contribution < -0.4 is 10.3 Å². The number of carbonyl (C=O) groups excluding carboxylic acids is 1. The van der Waals surface area contributed by atoms with Gasteiger partial charge >= 0.3 is 13.2 Å². The number of fused-ring (bicyclic) bond motifs is 2. The van der Waals surface area contributed by atoms with Gasteiger partial charge in [-0.2, -0.15) is 0 Å². The lowest BCUT2D eigenvalue weighted by molar-refractivity contribution is 0.0547. The molecule has 0 bridgehead atoms. The Bertz CT molecular complexity index is 1290. The summed E-state index contributed by atoms with van der Waals surface area (Å²) in [5.74, 6) is 0.725. The standard InChI is InChI=1S/C24H24BNO5/c1-24(2,3)31-23(27)26-21-12-16(9-10-17(21)13-22(26)25(28)29)20-14-18(30-4)11-15-7-5-6-8-19(15)20/h5-14,28-29H,1-4H3. The molecule has 2 N–H and O–H groups in total. The lowest BCUT2D eigenvalue weighted by atomic mass is 9.86. The van der Waals surface area contributed by atoms with Gasteiger partial charge in [0, 0.05) is 0 Å². The van der Waals surface area contributed by atoms with Gasteiger partial charge in [-0.3, -0.25) is 4.57 Å². The molecule has 1 heterocycles. The fourth-order valence-electron chi connectivity index (χ4n) is 3.73. The van der Waals surface area contributed by atoms with Gasteiger partial charge < -0.3 is 19.5 Å². The van der Waals surface area contributed by atoms with Gasteiger partial charge in [0.2, 0.25) is 0 Å². The van der Waals surface area contributed by atoms with Gasteiger partial charge in [0.15, 0.2) is 0 Å². The number of hydrogen-bond acceptors (Lipinski definition) is 5. The van der Waals surface area contributed by atoms with Gasteiger partial charge in [0.05, 0.1) is 18.2 Å². The van der Waals surface area contributed by atoms with Gasteiger partial charge in [-0.15, -0.1) is 0 Å². The molecule has 0 aliphatic heterocycles. The molecule has 0 unspecified atom stereocenters. The van der Waals surface area contributed by atoms with Crippen LogP contribution in [0.15, 0.2) is 60.7 Å². The molecule has 0 amide bonds. The SMILES string of the molecule is COc1cc(-c2ccc3cc(B(O)O)n(C(=O)OC(C)(C)C)c3c2)c2ccccc2c1. The minimum absolute atomic E-state index is 0.0527. The monoisotopic (exact) mass is 417 g/mol. The van der Waals surface area contributed by atoms with Crippen LogP contribution in [0.5, 0.6) is 5.75 Å². The van der Waals surface area contributed by atoms with Gasteiger partial charge in [-0.25, -0.2) is 4.79 Å². The average Bonchev–Trinajstić information content (AvgIpc) is 3.11. The third-order valence-electron chi connectivity index (χ3n) is 5.06. The van der Waals surface area contributed by atoms with Crippen molar-refractivity contribution in [3.8, 4) is 16.9 Å². The number of rotatable bonds is 3. The number of hydrogen-bond donors (Lipinski definition) is 2. The van der Waals surface area contributed by atoms with Crippen molar-refractivity contribution >= 4 is 40.5 Å². The molecule has 4 aromatic rings. The second-order valence-electron chi connectivity index (χ2n) is 8.43. The lowest BCUT2D eigenvalue weighted by Gasteiger charge is -2.21. The zero-order valence-electron chi connectivity index (χ0n) is 17.9. The van der Waals surface area contributed by atoms with Crippen molar-refractivity contribution in [1.29, 1.82) is 0 Å². The van der Waals surface area contributed by atoms with E-state index in [0.717, 1.165) is 27.6 Å². The van der Waals surface area contributed by atoms with Crippen molar-refractivity contribution in [1.82, 2.24) is 4.57 Å². The first-order chi connectivity index (χ1) is 14.7. The second kappa shape index (κ2) is 7.76. The fraction of sp³-hybridized carbons (Fsp3) is 0.208. The molecule has 0 saturated carbocycles. The summed E-state index contributed by atoms with van der Waals surface area (Å²) < 4.78 is 12.2. The molecule has 7 heteroatoms. The van der Waals surface area contributed by atoms with E-state index in [4.69, 9.17) is 9.47 Å². The van der Waals surface area contributed by atoms with Crippen molar-refractivity contribution in [3.63, 3.8) is 0 Å². The zero-order chi connectivity index (χ0) is 22.3. The van der Waals surface area contributed by atoms with E-state index < -0.39 is 18.8 Å². The highest BCUT2D eigenvalue weighted by Crippen LogP contribution is 2.34. The van der Waals surface area contributed by atoms with Crippen molar-refractivity contribution in [2.75, 3.05) is 7.11 Å². The van der Waals surface area contributed by atoms with Crippen LogP contribution in [0.3, 0.4) is 0 Å². The van der Waals surface area contributed by atoms with Gasteiger partial charge in [-0.1, -0.05) is 36.4 Å². The number of carbonyl (C=O) groups is 1. The van der Waals surface area contributed by atoms with Crippen LogP contribution in [0.2, 0.25) is 0 Å². The van der Waals surface area contributed by atoms with E-state index in [1.165, 1.54) is 4.57 Å². The van der Waals surface area contributed by atoms with Crippen LogP contribution in [0.1, 0.15) is 20.8 Å². The highest BCUT2D eigenvalue weighted by atomic mass is 16.6. The molecule has 158 valence electrons. The molecule has 0 radical (unpaired) electrons. The van der Waals surface area contributed by atoms with Crippen LogP contribution in [-0.4, -0.2) is 40.5 Å². The highest BCUT2D eigenvalue weighted by Gasteiger charge is 2.27. The van der Waals surface area contributed by atoms with Crippen LogP contribution in [0.4, 0.5) is 4.79 Å². The molecule has 31 heavy (non-hydrogen) atoms. The number of ether oxygens (including phenoxy) is 2. The predicted molar refractivity (Wildman–Crippen MR) is 123 cm³/mol. The van der Waals surface area contributed by atoms with E-state index in [-0.39, 0.29) is 5.59 Å². The van der Waals surface area contributed by atoms with Gasteiger partial charge in [0.25, 0.3) is 0 Å². The number of methoxy groups -OCH3 is 1. The minimum Gasteiger partial charge on any atom is -0.497 e. The molecule has 0 fully saturated rings. The Hall–Kier alpha value is -3.29. The molecular formula is C24H24BNO5. The summed E-state index contributed by atoms with van der Waals surface area (Å²) in [5, 5.41) is 22.5. The molecule has 6 nitrogen and oxygen atoms in total. The Kier molecular flexibility index (Phi) is 5.25. The first kappa shape index (κ1) is 21.0. The molecule has 3 aromatic carbocycles. The fourth-order valence-corrected chi connectivity index (χ4v) is 3.73. The first-order valence-electron chi connectivity index (χ1n) is 10.00. The van der Waals surface area contributed by atoms with Crippen LogP contribution >= 0.6 is 0 Å². The maximum atomic E-state index is 12.9. The highest BCUT2D eigenvalue weighted by molar-refractivity contribution is 6.59. The molecule has 0 atom stereocenters. The molecule has 1 aromatic heterocycles. The predicted octanol–water partition coefficient (Wildman–Crippen LogP) is 3.93. The molecule has 0 saturated heterocycles. The molecule has 4 rings (SSSR count). The van der Waals surface area contributed by atoms with Crippen LogP contribution in [-0.2, 0) is 4.74 Å². The maximum absolute atomic E-state index is 12.9. The molecule has 0 aliphatic carbocycles. The Morgan fingerprint density at radius 2 is 1.71 bits per heavy atom. The van der Waals surface area contributed by atoms with Crippen molar-refractivity contribution < 1.29 is 24.3 Å². The summed E-state index contributed by atoms with van der Waals surface area (Å²) in [6, 6.07) is 19.1. The Morgan fingerprint density at radius 3 is 2.39 bits per heavy atom. The van der Waals surface area contributed by atoms with E-state index >= 15 is 0 Å². The molecule has 0 spiro atoms. The quantitative estimate of drug-likeness (QED) is 0.494. The summed E-state index contributed by atoms with van der Waals surface area (Å²) >= 11 is 0. The minimum atomic E-state index is -1.82. The van der Waals surface area contributed by atoms with Crippen molar-refractivity contribution in [2.45, 2.75) is 26.4 Å². The summed E-state index contributed by atoms with van der Waals surface area (Å²) in [7, 11) is -0.194. The summed E-state index contributed by atoms with van der Waals surface area (Å²) in [6.45, 7) is 5.29. The van der Waals surface area contributed by atoms with Crippen LogP contribution in [0.25, 0.3) is 32.8 Å². The Labute approximate surface area is 180 Å². The lowest BCUT2D eigenvalue weighted by Crippen LogP contribution is -2.41. The van der Waals surface area contributed by atoms with Gasteiger partial charge in [0.1, 0.15) is 11.4 Å². The van der Waals surface area contributed by atoms with E-state index in [1.807, 2.05) is 54.6 Å². The average molecular weight is 417 g/mol. The number of benzene rings is 3. The molecular weight excluding hydrogens is 393 g/mol. The summed E-state index contributed by atoms with van der Waals surface area (Å²) in [6.07, 6.45) is -0.668. The molecule has 0 aliphatic rings. The Morgan fingerprint density at radius 1 is 0.968 bits per heavy atom. The zero-order valence-corrected chi connectivity index (χ0v) is 17.9. The normalized spacial score (nSPS) is 11.7. The van der Waals surface area contributed by atoms with E-state index in [9.17, 15) is 14.8 Å². The van der Waals surface area contributed by atoms with E-state index in [2.05, 4.69) is 0 Å². The third-order valence-corrected chi connectivity index (χ3v) is 5.06. The maximum Gasteiger partial charge on any atom is 0.506 e. The van der Waals surface area contributed by atoms with E-state index in [0.29, 0.717) is 10.9 Å². The first-order valence-corrected chi connectivity index (χ1v) is 10.00. The smallest absolute Gasteiger partial charge is 0.497 e. The number of aromatic nitrogens is 1. The largest absolute Gasteiger partial charge is 0.506 e. The van der Waals surface area contributed by atoms with Crippen molar-refractivity contribution in [2.24, 2.45) is 0 Å². The van der Waals surface area contributed by atoms with Crippen LogP contribution in [0, 0.1) is 0 Å². The van der Waals surface area contributed by atoms with Crippen molar-refractivity contribution in [3.05, 3.63) is 60.7 Å². The number of nitrogens with zero attached hydrogens (tertiary/aromatic N) is 1. The third kappa shape index (κ3) is 4.02. The Balaban J connectivity index is 1.96. The van der Waals surface area contributed by atoms with E-state index in [1.54, 1.807) is 33.9 Å². The topological polar surface area (TPSA) is 80.9 Å². The second-order valence-corrected chi connectivity index (χ2v) is 8.43. The van der Waals surface area contributed by atoms with Gasteiger partial charge in [-0.05, 0) is 72.3 Å². The summed E-state index contributed by atoms with van der Waals surface area (Å²) in [4.78, 5) is 12.9. The summed E-state index contributed by atoms with van der Waals surface area (Å²) in [5.41, 5.74) is 1.66.